The van der Waals surface area contributed by atoms with Gasteiger partial charge in [-0.2, -0.15) is 26.3 Å². The lowest BCUT2D eigenvalue weighted by Crippen LogP contribution is -2.39. The summed E-state index contributed by atoms with van der Waals surface area (Å²) < 4.78 is 75.5. The predicted molar refractivity (Wildman–Crippen MR) is 64.0 cm³/mol. The van der Waals surface area contributed by atoms with Gasteiger partial charge in [-0.05, 0) is 28.9 Å². The molecular formula is C9H6Br2F6S. The Balaban J connectivity index is 3.15. The number of alkyl halides is 7. The van der Waals surface area contributed by atoms with Crippen molar-refractivity contribution in [2.75, 3.05) is 0 Å². The van der Waals surface area contributed by atoms with Crippen molar-refractivity contribution in [2.24, 2.45) is 5.92 Å². The summed E-state index contributed by atoms with van der Waals surface area (Å²) in [6.45, 7) is 1.61. The van der Waals surface area contributed by atoms with Crippen molar-refractivity contribution in [1.82, 2.24) is 0 Å². The second-order valence-electron chi connectivity index (χ2n) is 3.52. The zero-order chi connectivity index (χ0) is 14.3. The van der Waals surface area contributed by atoms with Gasteiger partial charge in [0.25, 0.3) is 0 Å². The molecule has 0 aliphatic rings. The van der Waals surface area contributed by atoms with Crippen LogP contribution < -0.4 is 0 Å². The summed E-state index contributed by atoms with van der Waals surface area (Å²) in [4.78, 5) is -1.23. The second kappa shape index (κ2) is 5.32. The Morgan fingerprint density at radius 1 is 1.11 bits per heavy atom. The average molecular weight is 420 g/mol. The molecule has 0 saturated heterocycles. The van der Waals surface area contributed by atoms with Crippen molar-refractivity contribution in [3.63, 3.8) is 0 Å². The van der Waals surface area contributed by atoms with Crippen molar-refractivity contribution in [3.05, 3.63) is 20.3 Å². The van der Waals surface area contributed by atoms with Crippen LogP contribution in [0.1, 0.15) is 14.6 Å². The molecule has 0 N–H and O–H groups in total. The number of aryl methyl sites for hydroxylation is 1. The lowest BCUT2D eigenvalue weighted by molar-refractivity contribution is -0.283. The molecule has 0 radical (unpaired) electrons. The van der Waals surface area contributed by atoms with Crippen molar-refractivity contribution in [2.45, 2.75) is 24.1 Å². The van der Waals surface area contributed by atoms with E-state index in [9.17, 15) is 26.3 Å². The highest BCUT2D eigenvalue weighted by molar-refractivity contribution is 9.10. The first-order chi connectivity index (χ1) is 7.94. The zero-order valence-electron chi connectivity index (χ0n) is 8.66. The van der Waals surface area contributed by atoms with Crippen molar-refractivity contribution in [1.29, 1.82) is 0 Å². The maximum Gasteiger partial charge on any atom is 0.401 e. The van der Waals surface area contributed by atoms with E-state index in [1.807, 2.05) is 0 Å². The normalized spacial score (nSPS) is 15.2. The van der Waals surface area contributed by atoms with Crippen LogP contribution in [0.3, 0.4) is 0 Å². The number of rotatable bonds is 2. The first-order valence-electron chi connectivity index (χ1n) is 4.48. The highest BCUT2D eigenvalue weighted by Gasteiger charge is 2.60. The molecular weight excluding hydrogens is 414 g/mol. The molecule has 0 aromatic carbocycles. The first kappa shape index (κ1) is 16.3. The summed E-state index contributed by atoms with van der Waals surface area (Å²) in [7, 11) is 0. The van der Waals surface area contributed by atoms with Crippen molar-refractivity contribution >= 4 is 43.2 Å². The van der Waals surface area contributed by atoms with Gasteiger partial charge in [0.2, 0.25) is 0 Å². The Labute approximate surface area is 120 Å². The van der Waals surface area contributed by atoms with Crippen molar-refractivity contribution in [3.8, 4) is 0 Å². The molecule has 0 spiro atoms. The number of hydrogen-bond acceptors (Lipinski definition) is 1. The molecule has 0 fully saturated rings. The third-order valence-electron chi connectivity index (χ3n) is 2.15. The summed E-state index contributed by atoms with van der Waals surface area (Å²) in [6.07, 6.45) is -10.7. The molecule has 0 bridgehead atoms. The van der Waals surface area contributed by atoms with Crippen LogP contribution in [-0.4, -0.2) is 12.4 Å². The van der Waals surface area contributed by atoms with Gasteiger partial charge in [0.05, 0.1) is 4.83 Å². The summed E-state index contributed by atoms with van der Waals surface area (Å²) in [5, 5.41) is 0. The number of halogens is 8. The van der Waals surface area contributed by atoms with E-state index in [0.717, 1.165) is 11.3 Å². The van der Waals surface area contributed by atoms with Crippen LogP contribution in [0.4, 0.5) is 26.3 Å². The molecule has 1 atom stereocenters. The molecule has 1 rings (SSSR count). The fraction of sp³-hybridized carbons (Fsp3) is 0.556. The van der Waals surface area contributed by atoms with E-state index in [-0.39, 0.29) is 4.88 Å². The maximum absolute atomic E-state index is 12.5. The van der Waals surface area contributed by atoms with Crippen LogP contribution in [0.25, 0.3) is 0 Å². The van der Waals surface area contributed by atoms with E-state index in [4.69, 9.17) is 0 Å². The predicted octanol–water partition coefficient (Wildman–Crippen LogP) is 6.00. The highest BCUT2D eigenvalue weighted by atomic mass is 79.9. The molecule has 1 heterocycles. The van der Waals surface area contributed by atoms with Gasteiger partial charge in [-0.1, -0.05) is 15.9 Å². The smallest absolute Gasteiger partial charge is 0.170 e. The Hall–Kier alpha value is 0.240. The lowest BCUT2D eigenvalue weighted by atomic mass is 10.0. The summed E-state index contributed by atoms with van der Waals surface area (Å²) >= 11 is 6.47. The molecule has 1 aromatic heterocycles. The number of hydrogen-bond donors (Lipinski definition) is 0. The third-order valence-corrected chi connectivity index (χ3v) is 5.69. The Morgan fingerprint density at radius 2 is 1.56 bits per heavy atom. The van der Waals surface area contributed by atoms with E-state index in [0.29, 0.717) is 9.35 Å². The molecule has 18 heavy (non-hydrogen) atoms. The fourth-order valence-corrected chi connectivity index (χ4v) is 3.89. The molecule has 1 unspecified atom stereocenters. The van der Waals surface area contributed by atoms with E-state index >= 15 is 0 Å². The largest absolute Gasteiger partial charge is 0.401 e. The summed E-state index contributed by atoms with van der Waals surface area (Å²) in [5.41, 5.74) is 0. The monoisotopic (exact) mass is 418 g/mol. The average Bonchev–Trinajstić information content (AvgIpc) is 2.41. The van der Waals surface area contributed by atoms with Crippen LogP contribution in [0.2, 0.25) is 0 Å². The van der Waals surface area contributed by atoms with Gasteiger partial charge in [0, 0.05) is 14.2 Å². The van der Waals surface area contributed by atoms with Crippen LogP contribution in [0.15, 0.2) is 10.5 Å². The van der Waals surface area contributed by atoms with E-state index in [1.54, 1.807) is 6.92 Å². The van der Waals surface area contributed by atoms with Crippen LogP contribution in [0, 0.1) is 12.8 Å². The minimum absolute atomic E-state index is 0.0148. The minimum Gasteiger partial charge on any atom is -0.170 e. The van der Waals surface area contributed by atoms with Crippen LogP contribution in [-0.2, 0) is 0 Å². The molecule has 9 heteroatoms. The maximum atomic E-state index is 12.5. The lowest BCUT2D eigenvalue weighted by Gasteiger charge is -2.26. The minimum atomic E-state index is -5.35. The molecule has 0 aliphatic carbocycles. The second-order valence-corrected chi connectivity index (χ2v) is 6.64. The van der Waals surface area contributed by atoms with Gasteiger partial charge in [0.15, 0.2) is 5.92 Å². The first-order valence-corrected chi connectivity index (χ1v) is 7.00. The van der Waals surface area contributed by atoms with E-state index in [2.05, 4.69) is 31.9 Å². The molecule has 1 aromatic rings. The van der Waals surface area contributed by atoms with Gasteiger partial charge in [-0.3, -0.25) is 0 Å². The molecule has 0 saturated carbocycles. The standard InChI is InChI=1S/C9H6Br2F6S/c1-3-4(10)2-5(18-3)6(11)7(8(12,13)14)9(15,16)17/h2,6-7H,1H3. The third kappa shape index (κ3) is 3.63. The van der Waals surface area contributed by atoms with Gasteiger partial charge < -0.3 is 0 Å². The molecule has 104 valence electrons. The quantitative estimate of drug-likeness (QED) is 0.407. The zero-order valence-corrected chi connectivity index (χ0v) is 12.7. The summed E-state index contributed by atoms with van der Waals surface area (Å²) in [6, 6.07) is 1.27. The molecule has 0 aliphatic heterocycles. The summed E-state index contributed by atoms with van der Waals surface area (Å²) in [5.74, 6) is -3.42. The molecule has 0 nitrogen and oxygen atoms in total. The van der Waals surface area contributed by atoms with Crippen LogP contribution in [0.5, 0.6) is 0 Å². The molecule has 0 amide bonds. The van der Waals surface area contributed by atoms with Crippen LogP contribution >= 0.6 is 43.2 Å². The fourth-order valence-electron chi connectivity index (χ4n) is 1.30. The van der Waals surface area contributed by atoms with Gasteiger partial charge in [-0.15, -0.1) is 11.3 Å². The van der Waals surface area contributed by atoms with E-state index < -0.39 is 23.1 Å². The highest BCUT2D eigenvalue weighted by Crippen LogP contribution is 2.51. The van der Waals surface area contributed by atoms with Crippen molar-refractivity contribution < 1.29 is 26.3 Å². The van der Waals surface area contributed by atoms with Gasteiger partial charge in [-0.25, -0.2) is 0 Å². The topological polar surface area (TPSA) is 0 Å². The van der Waals surface area contributed by atoms with Gasteiger partial charge in [0.1, 0.15) is 0 Å². The van der Waals surface area contributed by atoms with E-state index in [1.165, 1.54) is 6.07 Å². The Bertz CT molecular complexity index is 388. The number of thiophene rings is 1. The Morgan fingerprint density at radius 3 is 1.83 bits per heavy atom. The SMILES string of the molecule is Cc1sc(C(Br)C(C(F)(F)F)C(F)(F)F)cc1Br. The Kier molecular flexibility index (Phi) is 4.81. The van der Waals surface area contributed by atoms with Gasteiger partial charge >= 0.3 is 12.4 Å².